The van der Waals surface area contributed by atoms with Gasteiger partial charge in [-0.25, -0.2) is 0 Å². The number of ether oxygens (including phenoxy) is 2. The second-order valence-electron chi connectivity index (χ2n) is 8.65. The molecule has 1 unspecified atom stereocenters. The normalized spacial score (nSPS) is 17.2. The number of rotatable bonds is 11. The van der Waals surface area contributed by atoms with E-state index in [4.69, 9.17) is 9.47 Å². The van der Waals surface area contributed by atoms with Gasteiger partial charge in [-0.05, 0) is 61.1 Å². The summed E-state index contributed by atoms with van der Waals surface area (Å²) >= 11 is 0. The van der Waals surface area contributed by atoms with Crippen molar-refractivity contribution in [2.24, 2.45) is 0 Å². The van der Waals surface area contributed by atoms with Crippen LogP contribution in [0.15, 0.2) is 78.9 Å². The molecule has 0 saturated heterocycles. The monoisotopic (exact) mass is 458 g/mol. The number of hydrogen-bond acceptors (Lipinski definition) is 4. The number of nitrogens with one attached hydrogen (secondary N) is 1. The third kappa shape index (κ3) is 5.10. The Morgan fingerprint density at radius 1 is 0.882 bits per heavy atom. The molecule has 0 bridgehead atoms. The summed E-state index contributed by atoms with van der Waals surface area (Å²) in [7, 11) is 1.69. The van der Waals surface area contributed by atoms with Gasteiger partial charge in [-0.15, -0.1) is 0 Å². The molecule has 4 rings (SSSR count). The first kappa shape index (κ1) is 23.8. The summed E-state index contributed by atoms with van der Waals surface area (Å²) in [6, 6.07) is 26.4. The predicted octanol–water partition coefficient (Wildman–Crippen LogP) is 5.87. The van der Waals surface area contributed by atoms with Crippen LogP contribution in [0.25, 0.3) is 0 Å². The summed E-state index contributed by atoms with van der Waals surface area (Å²) < 4.78 is 11.3. The van der Waals surface area contributed by atoms with Crippen molar-refractivity contribution in [2.45, 2.75) is 38.3 Å². The van der Waals surface area contributed by atoms with Crippen LogP contribution >= 0.6 is 0 Å². The molecule has 0 spiro atoms. The van der Waals surface area contributed by atoms with Gasteiger partial charge in [0.15, 0.2) is 0 Å². The van der Waals surface area contributed by atoms with Gasteiger partial charge < -0.3 is 19.7 Å². The second kappa shape index (κ2) is 11.2. The highest BCUT2D eigenvalue weighted by molar-refractivity contribution is 6.02. The molecule has 1 heterocycles. The quantitative estimate of drug-likeness (QED) is 0.365. The standard InChI is InChI=1S/C29H34N2O3/c1-3-29(30-27-15-8-7-14-26(27)28(32)31(29)20-10-21-33-2)24-16-18-25(19-17-24)34-22-9-13-23-11-5-4-6-12-23/h4-8,11-12,14-19,30H,3,9-10,13,20-22H2,1-2H3. The SMILES string of the molecule is CCC1(c2ccc(OCCCc3ccccc3)cc2)Nc2ccccc2C(=O)N1CCCOC. The Hall–Kier alpha value is -3.31. The van der Waals surface area contributed by atoms with Crippen LogP contribution in [0.1, 0.15) is 47.7 Å². The van der Waals surface area contributed by atoms with Crippen LogP contribution < -0.4 is 10.1 Å². The number of carbonyl (C=O) groups is 1. The minimum absolute atomic E-state index is 0.0496. The highest BCUT2D eigenvalue weighted by Gasteiger charge is 2.44. The van der Waals surface area contributed by atoms with Gasteiger partial charge in [-0.3, -0.25) is 4.79 Å². The van der Waals surface area contributed by atoms with Crippen molar-refractivity contribution in [3.8, 4) is 5.75 Å². The average molecular weight is 459 g/mol. The van der Waals surface area contributed by atoms with Gasteiger partial charge in [0.05, 0.1) is 12.2 Å². The number of fused-ring (bicyclic) bond motifs is 1. The van der Waals surface area contributed by atoms with Gasteiger partial charge in [0.1, 0.15) is 11.4 Å². The molecule has 34 heavy (non-hydrogen) atoms. The summed E-state index contributed by atoms with van der Waals surface area (Å²) in [6.07, 6.45) is 3.47. The molecule has 1 aliphatic heterocycles. The van der Waals surface area contributed by atoms with Crippen LogP contribution in [0.2, 0.25) is 0 Å². The molecule has 3 aromatic carbocycles. The van der Waals surface area contributed by atoms with Crippen molar-refractivity contribution >= 4 is 11.6 Å². The van der Waals surface area contributed by atoms with E-state index in [1.807, 2.05) is 47.4 Å². The highest BCUT2D eigenvalue weighted by atomic mass is 16.5. The first-order valence-electron chi connectivity index (χ1n) is 12.1. The summed E-state index contributed by atoms with van der Waals surface area (Å²) in [5.41, 5.74) is 3.34. The number of hydrogen-bond donors (Lipinski definition) is 1. The summed E-state index contributed by atoms with van der Waals surface area (Å²) in [6.45, 7) is 4.01. The number of anilines is 1. The molecule has 1 amide bonds. The predicted molar refractivity (Wildman–Crippen MR) is 136 cm³/mol. The van der Waals surface area contributed by atoms with E-state index in [9.17, 15) is 4.79 Å². The zero-order valence-electron chi connectivity index (χ0n) is 20.1. The van der Waals surface area contributed by atoms with Gasteiger partial charge in [-0.2, -0.15) is 0 Å². The molecule has 1 N–H and O–H groups in total. The Morgan fingerprint density at radius 3 is 2.35 bits per heavy atom. The van der Waals surface area contributed by atoms with E-state index in [1.54, 1.807) is 7.11 Å². The molecule has 1 atom stereocenters. The largest absolute Gasteiger partial charge is 0.494 e. The Kier molecular flexibility index (Phi) is 7.86. The van der Waals surface area contributed by atoms with Crippen molar-refractivity contribution in [3.05, 3.63) is 95.6 Å². The van der Waals surface area contributed by atoms with Crippen molar-refractivity contribution < 1.29 is 14.3 Å². The van der Waals surface area contributed by atoms with E-state index < -0.39 is 5.66 Å². The van der Waals surface area contributed by atoms with Crippen molar-refractivity contribution in [1.82, 2.24) is 4.90 Å². The molecule has 0 fully saturated rings. The third-order valence-corrected chi connectivity index (χ3v) is 6.50. The first-order valence-corrected chi connectivity index (χ1v) is 12.1. The summed E-state index contributed by atoms with van der Waals surface area (Å²) in [5.74, 6) is 0.894. The van der Waals surface area contributed by atoms with Crippen molar-refractivity contribution in [3.63, 3.8) is 0 Å². The van der Waals surface area contributed by atoms with E-state index in [-0.39, 0.29) is 5.91 Å². The molecule has 3 aromatic rings. The lowest BCUT2D eigenvalue weighted by molar-refractivity contribution is 0.0451. The number of carbonyl (C=O) groups excluding carboxylic acids is 1. The van der Waals surface area contributed by atoms with Crippen LogP contribution in [0, 0.1) is 0 Å². The van der Waals surface area contributed by atoms with E-state index >= 15 is 0 Å². The number of nitrogens with zero attached hydrogens (tertiary/aromatic N) is 1. The molecule has 0 aliphatic carbocycles. The average Bonchev–Trinajstić information content (AvgIpc) is 2.89. The smallest absolute Gasteiger partial charge is 0.258 e. The molecule has 0 aromatic heterocycles. The summed E-state index contributed by atoms with van der Waals surface area (Å²) in [5, 5.41) is 3.70. The number of benzene rings is 3. The molecule has 5 heteroatoms. The second-order valence-corrected chi connectivity index (χ2v) is 8.65. The van der Waals surface area contributed by atoms with E-state index in [2.05, 4.69) is 48.6 Å². The van der Waals surface area contributed by atoms with Crippen molar-refractivity contribution in [1.29, 1.82) is 0 Å². The maximum atomic E-state index is 13.5. The van der Waals surface area contributed by atoms with Gasteiger partial charge in [0, 0.05) is 25.9 Å². The zero-order chi connectivity index (χ0) is 23.8. The molecular formula is C29H34N2O3. The van der Waals surface area contributed by atoms with E-state index in [0.717, 1.165) is 42.7 Å². The highest BCUT2D eigenvalue weighted by Crippen LogP contribution is 2.40. The van der Waals surface area contributed by atoms with Crippen molar-refractivity contribution in [2.75, 3.05) is 32.2 Å². The minimum atomic E-state index is -0.620. The van der Waals surface area contributed by atoms with Crippen LogP contribution in [0.3, 0.4) is 0 Å². The van der Waals surface area contributed by atoms with Crippen LogP contribution in [-0.2, 0) is 16.8 Å². The minimum Gasteiger partial charge on any atom is -0.494 e. The van der Waals surface area contributed by atoms with Gasteiger partial charge in [0.25, 0.3) is 5.91 Å². The number of aryl methyl sites for hydroxylation is 1. The maximum absolute atomic E-state index is 13.5. The third-order valence-electron chi connectivity index (χ3n) is 6.50. The lowest BCUT2D eigenvalue weighted by atomic mass is 9.89. The number of amides is 1. The molecular weight excluding hydrogens is 424 g/mol. The van der Waals surface area contributed by atoms with Gasteiger partial charge in [-0.1, -0.05) is 61.5 Å². The van der Waals surface area contributed by atoms with E-state index in [1.165, 1.54) is 5.56 Å². The topological polar surface area (TPSA) is 50.8 Å². The first-order chi connectivity index (χ1) is 16.7. The number of para-hydroxylation sites is 1. The Labute approximate surface area is 202 Å². The zero-order valence-corrected chi connectivity index (χ0v) is 20.1. The summed E-state index contributed by atoms with van der Waals surface area (Å²) in [4.78, 5) is 15.5. The Balaban J connectivity index is 1.50. The van der Waals surface area contributed by atoms with Gasteiger partial charge in [0.2, 0.25) is 0 Å². The fourth-order valence-electron chi connectivity index (χ4n) is 4.70. The van der Waals surface area contributed by atoms with Gasteiger partial charge >= 0.3 is 0 Å². The molecule has 0 radical (unpaired) electrons. The fourth-order valence-corrected chi connectivity index (χ4v) is 4.70. The molecule has 1 aliphatic rings. The lowest BCUT2D eigenvalue weighted by Crippen LogP contribution is -2.57. The Bertz CT molecular complexity index is 1070. The maximum Gasteiger partial charge on any atom is 0.258 e. The molecule has 178 valence electrons. The fraction of sp³-hybridized carbons (Fsp3) is 0.345. The molecule has 0 saturated carbocycles. The van der Waals surface area contributed by atoms with Crippen LogP contribution in [0.5, 0.6) is 5.75 Å². The lowest BCUT2D eigenvalue weighted by Gasteiger charge is -2.48. The van der Waals surface area contributed by atoms with E-state index in [0.29, 0.717) is 25.3 Å². The Morgan fingerprint density at radius 2 is 1.62 bits per heavy atom. The number of methoxy groups -OCH3 is 1. The van der Waals surface area contributed by atoms with Crippen LogP contribution in [0.4, 0.5) is 5.69 Å². The molecule has 5 nitrogen and oxygen atoms in total. The van der Waals surface area contributed by atoms with Crippen LogP contribution in [-0.4, -0.2) is 37.7 Å².